The van der Waals surface area contributed by atoms with Crippen molar-refractivity contribution in [3.63, 3.8) is 0 Å². The number of phenols is 1. The largest absolute Gasteiger partial charge is 0.508 e. The molecule has 2 aromatic carbocycles. The predicted octanol–water partition coefficient (Wildman–Crippen LogP) is 4.58. The Morgan fingerprint density at radius 2 is 1.60 bits per heavy atom. The van der Waals surface area contributed by atoms with E-state index in [1.807, 2.05) is 0 Å². The number of benzene rings is 2. The molecule has 1 heterocycles. The van der Waals surface area contributed by atoms with Gasteiger partial charge in [0.05, 0.1) is 18.5 Å². The second-order valence-corrected chi connectivity index (χ2v) is 5.48. The lowest BCUT2D eigenvalue weighted by Crippen LogP contribution is -2.08. The van der Waals surface area contributed by atoms with Gasteiger partial charge >= 0.3 is 6.18 Å². The summed E-state index contributed by atoms with van der Waals surface area (Å²) in [5.74, 6) is 0.628. The third-order valence-corrected chi connectivity index (χ3v) is 3.85. The molecule has 0 aliphatic rings. The summed E-state index contributed by atoms with van der Waals surface area (Å²) in [6, 6.07) is 12.5. The molecule has 0 atom stereocenters. The maximum atomic E-state index is 13.3. The molecule has 0 aliphatic heterocycles. The summed E-state index contributed by atoms with van der Waals surface area (Å²) in [6.07, 6.45) is -4.56. The van der Waals surface area contributed by atoms with Crippen LogP contribution in [0.2, 0.25) is 0 Å². The Labute approximate surface area is 142 Å². The molecule has 1 N–H and O–H groups in total. The van der Waals surface area contributed by atoms with Gasteiger partial charge in [0.1, 0.15) is 11.5 Å². The molecule has 0 saturated carbocycles. The van der Waals surface area contributed by atoms with Crippen molar-refractivity contribution >= 4 is 0 Å². The number of rotatable bonds is 3. The van der Waals surface area contributed by atoms with Gasteiger partial charge in [-0.2, -0.15) is 18.3 Å². The van der Waals surface area contributed by atoms with Gasteiger partial charge in [-0.3, -0.25) is 0 Å². The van der Waals surface area contributed by atoms with Gasteiger partial charge in [-0.25, -0.2) is 4.68 Å². The molecule has 0 fully saturated rings. The second kappa shape index (κ2) is 6.16. The van der Waals surface area contributed by atoms with Crippen molar-refractivity contribution in [2.45, 2.75) is 13.1 Å². The van der Waals surface area contributed by atoms with Gasteiger partial charge in [0, 0.05) is 11.1 Å². The first-order valence-electron chi connectivity index (χ1n) is 7.42. The standard InChI is InChI=1S/C18H15F3N2O2/c1-11-16(12-3-7-14(24)8-4-12)23(22-17(11)18(19,20)21)13-5-9-15(25-2)10-6-13/h3-10,24H,1-2H3. The van der Waals surface area contributed by atoms with E-state index in [1.54, 1.807) is 36.4 Å². The summed E-state index contributed by atoms with van der Waals surface area (Å²) < 4.78 is 46.3. The topological polar surface area (TPSA) is 47.3 Å². The average molecular weight is 348 g/mol. The third-order valence-electron chi connectivity index (χ3n) is 3.85. The maximum absolute atomic E-state index is 13.3. The highest BCUT2D eigenvalue weighted by atomic mass is 19.4. The molecule has 7 heteroatoms. The smallest absolute Gasteiger partial charge is 0.435 e. The Bertz CT molecular complexity index is 882. The molecule has 25 heavy (non-hydrogen) atoms. The molecule has 0 unspecified atom stereocenters. The van der Waals surface area contributed by atoms with Gasteiger partial charge in [-0.1, -0.05) is 0 Å². The normalized spacial score (nSPS) is 11.6. The lowest BCUT2D eigenvalue weighted by Gasteiger charge is -2.09. The van der Waals surface area contributed by atoms with E-state index in [1.165, 1.54) is 30.8 Å². The van der Waals surface area contributed by atoms with Gasteiger partial charge in [0.2, 0.25) is 0 Å². The molecule has 0 saturated heterocycles. The number of aromatic hydroxyl groups is 1. The van der Waals surface area contributed by atoms with Crippen LogP contribution in [0.15, 0.2) is 48.5 Å². The Morgan fingerprint density at radius 3 is 2.12 bits per heavy atom. The highest BCUT2D eigenvalue weighted by molar-refractivity contribution is 5.67. The zero-order valence-corrected chi connectivity index (χ0v) is 13.5. The number of alkyl halides is 3. The van der Waals surface area contributed by atoms with Crippen LogP contribution in [0.25, 0.3) is 16.9 Å². The fraction of sp³-hybridized carbons (Fsp3) is 0.167. The summed E-state index contributed by atoms with van der Waals surface area (Å²) in [4.78, 5) is 0. The summed E-state index contributed by atoms with van der Waals surface area (Å²) in [5, 5.41) is 13.2. The number of ether oxygens (including phenoxy) is 1. The van der Waals surface area contributed by atoms with E-state index in [0.717, 1.165) is 0 Å². The Hall–Kier alpha value is -2.96. The van der Waals surface area contributed by atoms with Crippen molar-refractivity contribution in [3.05, 3.63) is 59.8 Å². The van der Waals surface area contributed by atoms with Crippen LogP contribution in [-0.4, -0.2) is 22.0 Å². The van der Waals surface area contributed by atoms with Crippen LogP contribution in [0.3, 0.4) is 0 Å². The van der Waals surface area contributed by atoms with Gasteiger partial charge in [-0.05, 0) is 55.5 Å². The van der Waals surface area contributed by atoms with Gasteiger partial charge < -0.3 is 9.84 Å². The molecule has 3 aromatic rings. The molecule has 0 aliphatic carbocycles. The first kappa shape index (κ1) is 16.9. The van der Waals surface area contributed by atoms with Crippen LogP contribution in [0.1, 0.15) is 11.3 Å². The number of hydrogen-bond acceptors (Lipinski definition) is 3. The Balaban J connectivity index is 2.23. The molecular formula is C18H15F3N2O2. The van der Waals surface area contributed by atoms with E-state index in [-0.39, 0.29) is 11.3 Å². The van der Waals surface area contributed by atoms with Gasteiger partial charge in [0.25, 0.3) is 0 Å². The van der Waals surface area contributed by atoms with Crippen molar-refractivity contribution in [3.8, 4) is 28.4 Å². The van der Waals surface area contributed by atoms with Crippen LogP contribution in [0.4, 0.5) is 13.2 Å². The van der Waals surface area contributed by atoms with Crippen LogP contribution < -0.4 is 4.74 Å². The number of nitrogens with zero attached hydrogens (tertiary/aromatic N) is 2. The van der Waals surface area contributed by atoms with Crippen molar-refractivity contribution in [2.24, 2.45) is 0 Å². The van der Waals surface area contributed by atoms with Gasteiger partial charge in [0.15, 0.2) is 5.69 Å². The van der Waals surface area contributed by atoms with Gasteiger partial charge in [-0.15, -0.1) is 0 Å². The minimum absolute atomic E-state index is 0.0222. The monoisotopic (exact) mass is 348 g/mol. The maximum Gasteiger partial charge on any atom is 0.435 e. The lowest BCUT2D eigenvalue weighted by molar-refractivity contribution is -0.141. The Kier molecular flexibility index (Phi) is 4.16. The number of halogens is 3. The van der Waals surface area contributed by atoms with Crippen molar-refractivity contribution in [1.82, 2.24) is 9.78 Å². The van der Waals surface area contributed by atoms with Crippen LogP contribution in [-0.2, 0) is 6.18 Å². The van der Waals surface area contributed by atoms with Crippen molar-refractivity contribution < 1.29 is 23.0 Å². The number of phenolic OH excluding ortho intramolecular Hbond substituents is 1. The van der Waals surface area contributed by atoms with E-state index >= 15 is 0 Å². The summed E-state index contributed by atoms with van der Waals surface area (Å²) in [5.41, 5.74) is 0.398. The fourth-order valence-electron chi connectivity index (χ4n) is 2.63. The van der Waals surface area contributed by atoms with Crippen LogP contribution >= 0.6 is 0 Å². The molecular weight excluding hydrogens is 333 g/mol. The SMILES string of the molecule is COc1ccc(-n2nc(C(F)(F)F)c(C)c2-c2ccc(O)cc2)cc1. The van der Waals surface area contributed by atoms with E-state index in [2.05, 4.69) is 5.10 Å². The second-order valence-electron chi connectivity index (χ2n) is 5.48. The van der Waals surface area contributed by atoms with Crippen LogP contribution in [0, 0.1) is 6.92 Å². The molecule has 0 bridgehead atoms. The quantitative estimate of drug-likeness (QED) is 0.754. The molecule has 1 aromatic heterocycles. The van der Waals surface area contributed by atoms with E-state index < -0.39 is 11.9 Å². The van der Waals surface area contributed by atoms with Crippen molar-refractivity contribution in [1.29, 1.82) is 0 Å². The van der Waals surface area contributed by atoms with E-state index in [9.17, 15) is 18.3 Å². The summed E-state index contributed by atoms with van der Waals surface area (Å²) >= 11 is 0. The van der Waals surface area contributed by atoms with E-state index in [0.29, 0.717) is 22.7 Å². The highest BCUT2D eigenvalue weighted by Crippen LogP contribution is 2.37. The first-order valence-corrected chi connectivity index (χ1v) is 7.42. The van der Waals surface area contributed by atoms with Crippen molar-refractivity contribution in [2.75, 3.05) is 7.11 Å². The molecule has 130 valence electrons. The molecule has 0 spiro atoms. The molecule has 4 nitrogen and oxygen atoms in total. The zero-order chi connectivity index (χ0) is 18.2. The zero-order valence-electron chi connectivity index (χ0n) is 13.5. The molecule has 3 rings (SSSR count). The number of aromatic nitrogens is 2. The lowest BCUT2D eigenvalue weighted by atomic mass is 10.1. The van der Waals surface area contributed by atoms with E-state index in [4.69, 9.17) is 4.74 Å². The molecule has 0 amide bonds. The third kappa shape index (κ3) is 3.17. The highest BCUT2D eigenvalue weighted by Gasteiger charge is 2.38. The molecule has 0 radical (unpaired) electrons. The fourth-order valence-corrected chi connectivity index (χ4v) is 2.63. The summed E-state index contributed by atoms with van der Waals surface area (Å²) in [6.45, 7) is 1.39. The predicted molar refractivity (Wildman–Crippen MR) is 87.0 cm³/mol. The number of hydrogen-bond donors (Lipinski definition) is 1. The summed E-state index contributed by atoms with van der Waals surface area (Å²) in [7, 11) is 1.51. The van der Waals surface area contributed by atoms with Crippen LogP contribution in [0.5, 0.6) is 11.5 Å². The number of methoxy groups -OCH3 is 1. The minimum atomic E-state index is -4.56. The minimum Gasteiger partial charge on any atom is -0.508 e. The Morgan fingerprint density at radius 1 is 1.00 bits per heavy atom. The average Bonchev–Trinajstić information content (AvgIpc) is 2.93. The first-order chi connectivity index (χ1) is 11.8.